The van der Waals surface area contributed by atoms with Gasteiger partial charge in [-0.2, -0.15) is 0 Å². The smallest absolute Gasteiger partial charge is 0.151 e. The Bertz CT molecular complexity index is 162. The van der Waals surface area contributed by atoms with Gasteiger partial charge >= 0.3 is 0 Å². The number of hydrogen-bond donors (Lipinski definition) is 7. The third-order valence-corrected chi connectivity index (χ3v) is 1.52. The molecular formula is C8H18O8. The minimum atomic E-state index is -1.79. The predicted octanol–water partition coefficient (Wildman–Crippen LogP) is -4.41. The average Bonchev–Trinajstić information content (AvgIpc) is 2.34. The molecule has 0 aliphatic carbocycles. The van der Waals surface area contributed by atoms with E-state index >= 15 is 0 Å². The normalized spacial score (nSPS) is 17.7. The van der Waals surface area contributed by atoms with Crippen molar-refractivity contribution in [2.24, 2.45) is 0 Å². The molecule has 0 radical (unpaired) electrons. The molecular weight excluding hydrogens is 224 g/mol. The molecule has 0 aromatic carbocycles. The van der Waals surface area contributed by atoms with Crippen molar-refractivity contribution < 1.29 is 40.5 Å². The van der Waals surface area contributed by atoms with E-state index in [0.717, 1.165) is 0 Å². The standard InChI is InChI=1S/C6H12O6.C2H6O2/c7-1-3(9)5(11)6(12)4(10)2-8;3-1-2-4/h1,3-6,8-12H,2H2;3-4H,1-2H2/t3-,4+,5+,6-;/m0./s1. The molecule has 0 rings (SSSR count). The Morgan fingerprint density at radius 3 is 1.56 bits per heavy atom. The molecule has 0 bridgehead atoms. The van der Waals surface area contributed by atoms with Gasteiger partial charge in [0, 0.05) is 0 Å². The van der Waals surface area contributed by atoms with E-state index in [-0.39, 0.29) is 19.5 Å². The van der Waals surface area contributed by atoms with Crippen molar-refractivity contribution in [1.29, 1.82) is 0 Å². The van der Waals surface area contributed by atoms with Crippen LogP contribution in [0.1, 0.15) is 0 Å². The number of rotatable bonds is 6. The predicted molar refractivity (Wildman–Crippen MR) is 51.3 cm³/mol. The van der Waals surface area contributed by atoms with E-state index in [4.69, 9.17) is 35.7 Å². The van der Waals surface area contributed by atoms with E-state index in [1.165, 1.54) is 0 Å². The molecule has 16 heavy (non-hydrogen) atoms. The van der Waals surface area contributed by atoms with E-state index < -0.39 is 31.0 Å². The van der Waals surface area contributed by atoms with Crippen molar-refractivity contribution >= 4 is 6.29 Å². The molecule has 0 fully saturated rings. The lowest BCUT2D eigenvalue weighted by Gasteiger charge is -2.22. The lowest BCUT2D eigenvalue weighted by molar-refractivity contribution is -0.136. The molecule has 0 aromatic rings. The second kappa shape index (κ2) is 10.9. The van der Waals surface area contributed by atoms with Crippen LogP contribution in [0.2, 0.25) is 0 Å². The number of aldehydes is 1. The van der Waals surface area contributed by atoms with Crippen LogP contribution in [0.15, 0.2) is 0 Å². The second-order valence-corrected chi connectivity index (χ2v) is 2.80. The fraction of sp³-hybridized carbons (Fsp3) is 0.875. The summed E-state index contributed by atoms with van der Waals surface area (Å²) in [5.74, 6) is 0. The zero-order chi connectivity index (χ0) is 13.1. The van der Waals surface area contributed by atoms with E-state index in [2.05, 4.69) is 0 Å². The summed E-state index contributed by atoms with van der Waals surface area (Å²) in [7, 11) is 0. The van der Waals surface area contributed by atoms with Crippen LogP contribution in [0.3, 0.4) is 0 Å². The van der Waals surface area contributed by atoms with Crippen molar-refractivity contribution in [1.82, 2.24) is 0 Å². The van der Waals surface area contributed by atoms with Crippen molar-refractivity contribution in [2.75, 3.05) is 19.8 Å². The summed E-state index contributed by atoms with van der Waals surface area (Å²) in [5.41, 5.74) is 0. The maximum absolute atomic E-state index is 9.90. The van der Waals surface area contributed by atoms with E-state index in [1.54, 1.807) is 0 Å². The molecule has 0 aliphatic rings. The summed E-state index contributed by atoms with van der Waals surface area (Å²) in [6.07, 6.45) is -6.84. The van der Waals surface area contributed by atoms with Crippen LogP contribution < -0.4 is 0 Å². The lowest BCUT2D eigenvalue weighted by atomic mass is 10.0. The van der Waals surface area contributed by atoms with Crippen molar-refractivity contribution in [3.63, 3.8) is 0 Å². The molecule has 0 spiro atoms. The first-order valence-corrected chi connectivity index (χ1v) is 4.46. The van der Waals surface area contributed by atoms with Gasteiger partial charge in [0.15, 0.2) is 6.29 Å². The highest BCUT2D eigenvalue weighted by Gasteiger charge is 2.29. The van der Waals surface area contributed by atoms with Crippen LogP contribution in [0.5, 0.6) is 0 Å². The third kappa shape index (κ3) is 7.65. The third-order valence-electron chi connectivity index (χ3n) is 1.52. The minimum absolute atomic E-state index is 0.0258. The van der Waals surface area contributed by atoms with Gasteiger partial charge in [0.25, 0.3) is 0 Å². The fourth-order valence-electron chi connectivity index (χ4n) is 0.618. The van der Waals surface area contributed by atoms with Crippen LogP contribution in [0, 0.1) is 0 Å². The number of aliphatic hydroxyl groups is 7. The Hall–Kier alpha value is -0.610. The molecule has 0 heterocycles. The Morgan fingerprint density at radius 1 is 0.875 bits per heavy atom. The highest BCUT2D eigenvalue weighted by molar-refractivity contribution is 5.56. The van der Waals surface area contributed by atoms with Crippen molar-refractivity contribution in [3.05, 3.63) is 0 Å². The lowest BCUT2D eigenvalue weighted by Crippen LogP contribution is -2.46. The van der Waals surface area contributed by atoms with Crippen LogP contribution >= 0.6 is 0 Å². The number of carbonyl (C=O) groups excluding carboxylic acids is 1. The van der Waals surface area contributed by atoms with E-state index in [1.807, 2.05) is 0 Å². The number of hydrogen-bond acceptors (Lipinski definition) is 8. The largest absolute Gasteiger partial charge is 0.394 e. The van der Waals surface area contributed by atoms with Gasteiger partial charge in [-0.25, -0.2) is 0 Å². The summed E-state index contributed by atoms with van der Waals surface area (Å²) in [6, 6.07) is 0. The highest BCUT2D eigenvalue weighted by Crippen LogP contribution is 2.02. The highest BCUT2D eigenvalue weighted by atomic mass is 16.4. The van der Waals surface area contributed by atoms with Crippen molar-refractivity contribution in [3.8, 4) is 0 Å². The SMILES string of the molecule is O=C[C@H](O)[C@@H](O)[C@@H](O)[C@H](O)CO.OCCO. The molecule has 0 amide bonds. The fourth-order valence-corrected chi connectivity index (χ4v) is 0.618. The topological polar surface area (TPSA) is 159 Å². The quantitative estimate of drug-likeness (QED) is 0.230. The summed E-state index contributed by atoms with van der Waals surface area (Å²) < 4.78 is 0. The number of aliphatic hydroxyl groups excluding tert-OH is 7. The summed E-state index contributed by atoms with van der Waals surface area (Å²) in [5, 5.41) is 58.8. The molecule has 0 unspecified atom stereocenters. The van der Waals surface area contributed by atoms with E-state index in [0.29, 0.717) is 0 Å². The Balaban J connectivity index is 0. The van der Waals surface area contributed by atoms with E-state index in [9.17, 15) is 4.79 Å². The van der Waals surface area contributed by atoms with Gasteiger partial charge in [-0.3, -0.25) is 0 Å². The van der Waals surface area contributed by atoms with Gasteiger partial charge in [-0.1, -0.05) is 0 Å². The van der Waals surface area contributed by atoms with Gasteiger partial charge in [-0.05, 0) is 0 Å². The molecule has 7 N–H and O–H groups in total. The molecule has 8 nitrogen and oxygen atoms in total. The molecule has 4 atom stereocenters. The zero-order valence-electron chi connectivity index (χ0n) is 8.55. The average molecular weight is 242 g/mol. The van der Waals surface area contributed by atoms with Gasteiger partial charge in [0.1, 0.15) is 24.4 Å². The zero-order valence-corrected chi connectivity index (χ0v) is 8.55. The minimum Gasteiger partial charge on any atom is -0.394 e. The van der Waals surface area contributed by atoms with Crippen LogP contribution in [0.4, 0.5) is 0 Å². The Morgan fingerprint density at radius 2 is 1.31 bits per heavy atom. The van der Waals surface area contributed by atoms with Crippen molar-refractivity contribution in [2.45, 2.75) is 24.4 Å². The first kappa shape index (κ1) is 17.8. The maximum Gasteiger partial charge on any atom is 0.151 e. The first-order chi connectivity index (χ1) is 7.45. The van der Waals surface area contributed by atoms with Crippen LogP contribution in [-0.2, 0) is 4.79 Å². The second-order valence-electron chi connectivity index (χ2n) is 2.80. The molecule has 0 aromatic heterocycles. The Kier molecular flexibility index (Phi) is 12.1. The van der Waals surface area contributed by atoms with Crippen LogP contribution in [-0.4, -0.2) is 86.3 Å². The molecule has 8 heteroatoms. The molecule has 0 saturated carbocycles. The van der Waals surface area contributed by atoms with Gasteiger partial charge < -0.3 is 40.5 Å². The molecule has 0 aliphatic heterocycles. The maximum atomic E-state index is 9.90. The monoisotopic (exact) mass is 242 g/mol. The van der Waals surface area contributed by atoms with Crippen LogP contribution in [0.25, 0.3) is 0 Å². The Labute approximate surface area is 92.0 Å². The number of carbonyl (C=O) groups is 1. The molecule has 0 saturated heterocycles. The molecule has 98 valence electrons. The first-order valence-electron chi connectivity index (χ1n) is 4.46. The van der Waals surface area contributed by atoms with Gasteiger partial charge in [-0.15, -0.1) is 0 Å². The van der Waals surface area contributed by atoms with Gasteiger partial charge in [0.2, 0.25) is 0 Å². The van der Waals surface area contributed by atoms with Gasteiger partial charge in [0.05, 0.1) is 19.8 Å². The summed E-state index contributed by atoms with van der Waals surface area (Å²) in [6.45, 7) is -1.01. The summed E-state index contributed by atoms with van der Waals surface area (Å²) in [4.78, 5) is 9.90. The summed E-state index contributed by atoms with van der Waals surface area (Å²) >= 11 is 0.